The number of halogens is 1. The van der Waals surface area contributed by atoms with Gasteiger partial charge in [0.1, 0.15) is 23.3 Å². The Labute approximate surface area is 199 Å². The van der Waals surface area contributed by atoms with Crippen molar-refractivity contribution in [3.05, 3.63) is 124 Å². The number of hydrogen-bond acceptors (Lipinski definition) is 5. The zero-order chi connectivity index (χ0) is 23.5. The summed E-state index contributed by atoms with van der Waals surface area (Å²) < 4.78 is 16.8. The molecule has 0 atom stereocenters. The highest BCUT2D eigenvalue weighted by Crippen LogP contribution is 2.27. The summed E-state index contributed by atoms with van der Waals surface area (Å²) in [6, 6.07) is 28.3. The van der Waals surface area contributed by atoms with E-state index in [0.29, 0.717) is 21.7 Å². The molecular formula is C28H17ClO5. The molecule has 5 aromatic rings. The minimum Gasteiger partial charge on any atom is -0.460 e. The van der Waals surface area contributed by atoms with Gasteiger partial charge in [-0.2, -0.15) is 0 Å². The van der Waals surface area contributed by atoms with E-state index in [4.69, 9.17) is 25.5 Å². The first-order chi connectivity index (χ1) is 16.6. The fraction of sp³-hybridized carbons (Fsp3) is 0. The summed E-state index contributed by atoms with van der Waals surface area (Å²) in [4.78, 5) is 25.2. The first-order valence-corrected chi connectivity index (χ1v) is 10.8. The van der Waals surface area contributed by atoms with Crippen LogP contribution < -0.4 is 14.9 Å². The van der Waals surface area contributed by atoms with Crippen molar-refractivity contribution in [2.24, 2.45) is 0 Å². The number of esters is 1. The summed E-state index contributed by atoms with van der Waals surface area (Å²) in [5.41, 5.74) is 2.43. The molecule has 0 bridgehead atoms. The summed E-state index contributed by atoms with van der Waals surface area (Å²) in [6.07, 6.45) is 1.25. The molecule has 0 saturated heterocycles. The second kappa shape index (κ2) is 9.25. The number of carbonyl (C=O) groups excluding carboxylic acids is 1. The van der Waals surface area contributed by atoms with Crippen LogP contribution in [0.1, 0.15) is 10.4 Å². The summed E-state index contributed by atoms with van der Waals surface area (Å²) in [7, 11) is 0. The lowest BCUT2D eigenvalue weighted by atomic mass is 10.1. The van der Waals surface area contributed by atoms with Crippen molar-refractivity contribution in [2.45, 2.75) is 0 Å². The number of hydrogen-bond donors (Lipinski definition) is 0. The molecule has 34 heavy (non-hydrogen) atoms. The van der Waals surface area contributed by atoms with Gasteiger partial charge in [0.05, 0.1) is 10.9 Å². The third kappa shape index (κ3) is 4.56. The van der Waals surface area contributed by atoms with Crippen LogP contribution in [-0.2, 0) is 0 Å². The highest BCUT2D eigenvalue weighted by Gasteiger charge is 2.13. The summed E-state index contributed by atoms with van der Waals surface area (Å²) in [5.74, 6) is 0.281. The summed E-state index contributed by atoms with van der Waals surface area (Å²) in [6.45, 7) is 0. The second-order valence-electron chi connectivity index (χ2n) is 7.48. The quantitative estimate of drug-likeness (QED) is 0.203. The molecule has 0 aliphatic heterocycles. The monoisotopic (exact) mass is 468 g/mol. The van der Waals surface area contributed by atoms with Crippen LogP contribution in [0, 0.1) is 0 Å². The van der Waals surface area contributed by atoms with Crippen molar-refractivity contribution < 1.29 is 18.7 Å². The molecule has 0 saturated carbocycles. The van der Waals surface area contributed by atoms with Gasteiger partial charge in [-0.05, 0) is 59.7 Å². The van der Waals surface area contributed by atoms with Crippen molar-refractivity contribution in [3.8, 4) is 28.4 Å². The lowest BCUT2D eigenvalue weighted by molar-refractivity contribution is 0.0735. The Morgan fingerprint density at radius 1 is 0.765 bits per heavy atom. The standard InChI is InChI=1S/C28H17ClO5/c29-21-10-6-20(7-11-21)28(31)34-23-14-15-24-25(16-23)32-17-26(27(24)30)33-22-12-8-19(9-13-22)18-4-2-1-3-5-18/h1-17H. The lowest BCUT2D eigenvalue weighted by Gasteiger charge is -2.08. The number of ether oxygens (including phenoxy) is 2. The van der Waals surface area contributed by atoms with Gasteiger partial charge >= 0.3 is 5.97 Å². The molecule has 0 spiro atoms. The number of carbonyl (C=O) groups is 1. The zero-order valence-electron chi connectivity index (χ0n) is 17.7. The zero-order valence-corrected chi connectivity index (χ0v) is 18.5. The van der Waals surface area contributed by atoms with Crippen LogP contribution in [-0.4, -0.2) is 5.97 Å². The predicted octanol–water partition coefficient (Wildman–Crippen LogP) is 7.12. The van der Waals surface area contributed by atoms with Gasteiger partial charge in [0.25, 0.3) is 0 Å². The van der Waals surface area contributed by atoms with Gasteiger partial charge in [0, 0.05) is 11.1 Å². The average molecular weight is 469 g/mol. The minimum absolute atomic E-state index is 0.0610. The highest BCUT2D eigenvalue weighted by molar-refractivity contribution is 6.30. The van der Waals surface area contributed by atoms with Gasteiger partial charge in [-0.1, -0.05) is 54.1 Å². The van der Waals surface area contributed by atoms with E-state index < -0.39 is 5.97 Å². The van der Waals surface area contributed by atoms with Crippen molar-refractivity contribution in [2.75, 3.05) is 0 Å². The Morgan fingerprint density at radius 2 is 1.44 bits per heavy atom. The van der Waals surface area contributed by atoms with Crippen LogP contribution >= 0.6 is 11.6 Å². The van der Waals surface area contributed by atoms with Crippen molar-refractivity contribution in [1.82, 2.24) is 0 Å². The topological polar surface area (TPSA) is 65.7 Å². The van der Waals surface area contributed by atoms with Gasteiger partial charge in [-0.25, -0.2) is 4.79 Å². The summed E-state index contributed by atoms with van der Waals surface area (Å²) >= 11 is 5.85. The van der Waals surface area contributed by atoms with E-state index >= 15 is 0 Å². The summed E-state index contributed by atoms with van der Waals surface area (Å²) in [5, 5.41) is 0.832. The third-order valence-electron chi connectivity index (χ3n) is 5.19. The van der Waals surface area contributed by atoms with Crippen molar-refractivity contribution in [3.63, 3.8) is 0 Å². The Balaban J connectivity index is 1.35. The van der Waals surface area contributed by atoms with Gasteiger partial charge in [0.2, 0.25) is 11.2 Å². The highest BCUT2D eigenvalue weighted by atomic mass is 35.5. The average Bonchev–Trinajstić information content (AvgIpc) is 2.87. The number of benzene rings is 4. The van der Waals surface area contributed by atoms with E-state index in [9.17, 15) is 9.59 Å². The molecule has 5 rings (SSSR count). The fourth-order valence-corrected chi connectivity index (χ4v) is 3.58. The maximum atomic E-state index is 12.9. The van der Waals surface area contributed by atoms with Crippen LogP contribution in [0.15, 0.2) is 113 Å². The molecule has 0 N–H and O–H groups in total. The SMILES string of the molecule is O=C(Oc1ccc2c(=O)c(Oc3ccc(-c4ccccc4)cc3)coc2c1)c1ccc(Cl)cc1. The van der Waals surface area contributed by atoms with Gasteiger partial charge < -0.3 is 13.9 Å². The smallest absolute Gasteiger partial charge is 0.343 e. The van der Waals surface area contributed by atoms with Crippen LogP contribution in [0.25, 0.3) is 22.1 Å². The van der Waals surface area contributed by atoms with Gasteiger partial charge in [-0.15, -0.1) is 0 Å². The van der Waals surface area contributed by atoms with Crippen molar-refractivity contribution >= 4 is 28.5 Å². The van der Waals surface area contributed by atoms with E-state index in [2.05, 4.69) is 0 Å². The molecule has 0 fully saturated rings. The third-order valence-corrected chi connectivity index (χ3v) is 5.45. The van der Waals surface area contributed by atoms with E-state index in [1.807, 2.05) is 42.5 Å². The predicted molar refractivity (Wildman–Crippen MR) is 131 cm³/mol. The normalized spacial score (nSPS) is 10.7. The Morgan fingerprint density at radius 3 is 2.18 bits per heavy atom. The van der Waals surface area contributed by atoms with E-state index in [0.717, 1.165) is 11.1 Å². The largest absolute Gasteiger partial charge is 0.460 e. The molecule has 6 heteroatoms. The van der Waals surface area contributed by atoms with E-state index in [-0.39, 0.29) is 22.5 Å². The Hall–Kier alpha value is -4.35. The first-order valence-electron chi connectivity index (χ1n) is 10.4. The van der Waals surface area contributed by atoms with Crippen LogP contribution in [0.3, 0.4) is 0 Å². The van der Waals surface area contributed by atoms with E-state index in [1.54, 1.807) is 36.4 Å². The molecule has 1 aromatic heterocycles. The molecule has 0 amide bonds. The molecule has 0 aliphatic carbocycles. The second-order valence-corrected chi connectivity index (χ2v) is 7.91. The van der Waals surface area contributed by atoms with Gasteiger partial charge in [0.15, 0.2) is 0 Å². The molecular weight excluding hydrogens is 452 g/mol. The van der Waals surface area contributed by atoms with Crippen molar-refractivity contribution in [1.29, 1.82) is 0 Å². The molecule has 0 unspecified atom stereocenters. The molecule has 166 valence electrons. The fourth-order valence-electron chi connectivity index (χ4n) is 3.45. The number of fused-ring (bicyclic) bond motifs is 1. The maximum Gasteiger partial charge on any atom is 0.343 e. The molecule has 0 radical (unpaired) electrons. The van der Waals surface area contributed by atoms with Crippen LogP contribution in [0.5, 0.6) is 17.2 Å². The van der Waals surface area contributed by atoms with Gasteiger partial charge in [-0.3, -0.25) is 4.79 Å². The van der Waals surface area contributed by atoms with E-state index in [1.165, 1.54) is 24.5 Å². The molecule has 5 nitrogen and oxygen atoms in total. The molecule has 1 heterocycles. The maximum absolute atomic E-state index is 12.9. The van der Waals surface area contributed by atoms with Crippen LogP contribution in [0.2, 0.25) is 5.02 Å². The first kappa shape index (κ1) is 21.5. The Kier molecular flexibility index (Phi) is 5.85. The molecule has 0 aliphatic rings. The molecule has 4 aromatic carbocycles. The number of rotatable bonds is 5. The Bertz CT molecular complexity index is 1520. The lowest BCUT2D eigenvalue weighted by Crippen LogP contribution is -2.09. The minimum atomic E-state index is -0.544. The van der Waals surface area contributed by atoms with Crippen LogP contribution in [0.4, 0.5) is 0 Å².